The lowest BCUT2D eigenvalue weighted by molar-refractivity contribution is -0.119. The molecule has 3 N–H and O–H groups in total. The van der Waals surface area contributed by atoms with Crippen molar-refractivity contribution in [1.29, 1.82) is 0 Å². The molecular weight excluding hydrogens is 448 g/mol. The minimum absolute atomic E-state index is 0.103. The fourth-order valence-corrected chi connectivity index (χ4v) is 4.73. The number of aryl methyl sites for hydroxylation is 1. The summed E-state index contributed by atoms with van der Waals surface area (Å²) in [6.07, 6.45) is 1.95. The molecule has 3 aromatic rings. The molecule has 3 rings (SSSR count). The van der Waals surface area contributed by atoms with E-state index < -0.39 is 12.0 Å². The SMILES string of the molecule is C=CCOC(=O)c1sc(NC(=O)C(CC)n2c(N)nnc2SCc2ccccc2)nc1C. The van der Waals surface area contributed by atoms with Crippen LogP contribution in [0, 0.1) is 6.92 Å². The highest BCUT2D eigenvalue weighted by molar-refractivity contribution is 7.98. The van der Waals surface area contributed by atoms with E-state index in [2.05, 4.69) is 27.1 Å². The van der Waals surface area contributed by atoms with E-state index in [0.29, 0.717) is 33.0 Å². The fourth-order valence-electron chi connectivity index (χ4n) is 2.92. The molecular formula is C21H24N6O3S2. The van der Waals surface area contributed by atoms with Gasteiger partial charge in [-0.25, -0.2) is 9.78 Å². The second-order valence-corrected chi connectivity index (χ2v) is 8.66. The zero-order valence-electron chi connectivity index (χ0n) is 17.8. The second-order valence-electron chi connectivity index (χ2n) is 6.72. The molecule has 0 bridgehead atoms. The zero-order chi connectivity index (χ0) is 23.1. The summed E-state index contributed by atoms with van der Waals surface area (Å²) in [7, 11) is 0. The average Bonchev–Trinajstić information content (AvgIpc) is 3.34. The number of thioether (sulfide) groups is 1. The van der Waals surface area contributed by atoms with Crippen LogP contribution >= 0.6 is 23.1 Å². The number of carbonyl (C=O) groups is 2. The lowest BCUT2D eigenvalue weighted by Gasteiger charge is -2.18. The second kappa shape index (κ2) is 10.9. The Bertz CT molecular complexity index is 1100. The molecule has 0 saturated carbocycles. The summed E-state index contributed by atoms with van der Waals surface area (Å²) < 4.78 is 6.69. The van der Waals surface area contributed by atoms with E-state index >= 15 is 0 Å². The van der Waals surface area contributed by atoms with Crippen LogP contribution in [0.5, 0.6) is 0 Å². The van der Waals surface area contributed by atoms with Gasteiger partial charge in [0.25, 0.3) is 0 Å². The summed E-state index contributed by atoms with van der Waals surface area (Å²) in [5.74, 6) is 0.000729. The van der Waals surface area contributed by atoms with Crippen molar-refractivity contribution in [2.45, 2.75) is 37.2 Å². The van der Waals surface area contributed by atoms with Crippen molar-refractivity contribution in [3.05, 3.63) is 59.1 Å². The number of aromatic nitrogens is 4. The summed E-state index contributed by atoms with van der Waals surface area (Å²) in [4.78, 5) is 29.8. The minimum atomic E-state index is -0.636. The van der Waals surface area contributed by atoms with E-state index in [1.54, 1.807) is 11.5 Å². The molecule has 168 valence electrons. The molecule has 32 heavy (non-hydrogen) atoms. The first-order valence-corrected chi connectivity index (χ1v) is 11.7. The van der Waals surface area contributed by atoms with E-state index in [1.165, 1.54) is 17.8 Å². The van der Waals surface area contributed by atoms with Crippen LogP contribution in [0.25, 0.3) is 0 Å². The van der Waals surface area contributed by atoms with Crippen molar-refractivity contribution in [2.24, 2.45) is 0 Å². The molecule has 0 fully saturated rings. The number of rotatable bonds is 10. The first-order valence-electron chi connectivity index (χ1n) is 9.88. The summed E-state index contributed by atoms with van der Waals surface area (Å²) >= 11 is 2.51. The third-order valence-electron chi connectivity index (χ3n) is 4.45. The number of nitrogen functional groups attached to an aromatic ring is 1. The molecule has 0 spiro atoms. The molecule has 11 heteroatoms. The lowest BCUT2D eigenvalue weighted by atomic mass is 10.2. The van der Waals surface area contributed by atoms with Gasteiger partial charge >= 0.3 is 5.97 Å². The number of nitrogens with zero attached hydrogens (tertiary/aromatic N) is 4. The molecule has 1 aromatic carbocycles. The Kier molecular flexibility index (Phi) is 8.01. The highest BCUT2D eigenvalue weighted by Crippen LogP contribution is 2.29. The molecule has 0 aliphatic carbocycles. The topological polar surface area (TPSA) is 125 Å². The molecule has 0 saturated heterocycles. The molecule has 1 atom stereocenters. The van der Waals surface area contributed by atoms with Gasteiger partial charge in [0.2, 0.25) is 11.9 Å². The van der Waals surface area contributed by atoms with Crippen LogP contribution in [0.4, 0.5) is 11.1 Å². The normalized spacial score (nSPS) is 11.7. The quantitative estimate of drug-likeness (QED) is 0.259. The van der Waals surface area contributed by atoms with Crippen LogP contribution in [-0.2, 0) is 15.3 Å². The summed E-state index contributed by atoms with van der Waals surface area (Å²) in [5, 5.41) is 11.8. The van der Waals surface area contributed by atoms with Gasteiger partial charge in [-0.1, -0.05) is 73.0 Å². The van der Waals surface area contributed by atoms with E-state index in [9.17, 15) is 9.59 Å². The van der Waals surface area contributed by atoms with Crippen LogP contribution in [0.2, 0.25) is 0 Å². The first kappa shape index (κ1) is 23.5. The van der Waals surface area contributed by atoms with Gasteiger partial charge in [-0.3, -0.25) is 9.36 Å². The third-order valence-corrected chi connectivity index (χ3v) is 6.51. The van der Waals surface area contributed by atoms with E-state index in [-0.39, 0.29) is 18.5 Å². The Morgan fingerprint density at radius 3 is 2.78 bits per heavy atom. The van der Waals surface area contributed by atoms with E-state index in [4.69, 9.17) is 10.5 Å². The predicted molar refractivity (Wildman–Crippen MR) is 126 cm³/mol. The predicted octanol–water partition coefficient (Wildman–Crippen LogP) is 3.85. The number of hydrogen-bond donors (Lipinski definition) is 2. The molecule has 2 aromatic heterocycles. The number of nitrogens with one attached hydrogen (secondary N) is 1. The van der Waals surface area contributed by atoms with Crippen molar-refractivity contribution in [2.75, 3.05) is 17.7 Å². The fraction of sp³-hybridized carbons (Fsp3) is 0.286. The van der Waals surface area contributed by atoms with Crippen molar-refractivity contribution < 1.29 is 14.3 Å². The molecule has 9 nitrogen and oxygen atoms in total. The number of thiazole rings is 1. The minimum Gasteiger partial charge on any atom is -0.457 e. The molecule has 0 radical (unpaired) electrons. The monoisotopic (exact) mass is 472 g/mol. The number of anilines is 2. The Labute approximate surface area is 194 Å². The van der Waals surface area contributed by atoms with Gasteiger partial charge < -0.3 is 15.8 Å². The Morgan fingerprint density at radius 2 is 2.09 bits per heavy atom. The third kappa shape index (κ3) is 5.54. The number of carbonyl (C=O) groups excluding carboxylic acids is 2. The van der Waals surface area contributed by atoms with Gasteiger partial charge in [-0.05, 0) is 18.9 Å². The van der Waals surface area contributed by atoms with Crippen molar-refractivity contribution in [1.82, 2.24) is 19.7 Å². The van der Waals surface area contributed by atoms with Gasteiger partial charge in [0.1, 0.15) is 17.5 Å². The highest BCUT2D eigenvalue weighted by atomic mass is 32.2. The van der Waals surface area contributed by atoms with Gasteiger partial charge in [0, 0.05) is 5.75 Å². The summed E-state index contributed by atoms with van der Waals surface area (Å²) in [5.41, 5.74) is 7.65. The average molecular weight is 473 g/mol. The van der Waals surface area contributed by atoms with Crippen molar-refractivity contribution in [3.63, 3.8) is 0 Å². The number of esters is 1. The van der Waals surface area contributed by atoms with Crippen LogP contribution in [0.1, 0.15) is 40.3 Å². The standard InChI is InChI=1S/C21H24N6O3S2/c1-4-11-30-18(29)16-13(3)23-20(32-16)24-17(28)15(5-2)27-19(22)25-26-21(27)31-12-14-9-7-6-8-10-14/h4,6-10,15H,1,5,11-12H2,2-3H3,(H2,22,25)(H,23,24,28). The molecule has 2 heterocycles. The number of hydrogen-bond acceptors (Lipinski definition) is 9. The van der Waals surface area contributed by atoms with Crippen molar-refractivity contribution in [3.8, 4) is 0 Å². The Hall–Kier alpha value is -3.18. The van der Waals surface area contributed by atoms with E-state index in [1.807, 2.05) is 37.3 Å². The lowest BCUT2D eigenvalue weighted by Crippen LogP contribution is -2.27. The summed E-state index contributed by atoms with van der Waals surface area (Å²) in [6.45, 7) is 7.18. The maximum atomic E-state index is 13.1. The highest BCUT2D eigenvalue weighted by Gasteiger charge is 2.26. The molecule has 1 amide bonds. The van der Waals surface area contributed by atoms with Gasteiger partial charge in [0.05, 0.1) is 5.69 Å². The van der Waals surface area contributed by atoms with Crippen LogP contribution in [-0.4, -0.2) is 38.2 Å². The smallest absolute Gasteiger partial charge is 0.350 e. The van der Waals surface area contributed by atoms with Gasteiger partial charge in [0.15, 0.2) is 10.3 Å². The molecule has 0 aliphatic rings. The zero-order valence-corrected chi connectivity index (χ0v) is 19.4. The number of benzene rings is 1. The maximum absolute atomic E-state index is 13.1. The van der Waals surface area contributed by atoms with Crippen LogP contribution in [0.3, 0.4) is 0 Å². The number of ether oxygens (including phenoxy) is 1. The Morgan fingerprint density at radius 1 is 1.34 bits per heavy atom. The van der Waals surface area contributed by atoms with Crippen LogP contribution in [0.15, 0.2) is 48.1 Å². The molecule has 1 unspecified atom stereocenters. The van der Waals surface area contributed by atoms with Crippen LogP contribution < -0.4 is 11.1 Å². The largest absolute Gasteiger partial charge is 0.457 e. The first-order chi connectivity index (χ1) is 15.4. The molecule has 0 aliphatic heterocycles. The Balaban J connectivity index is 1.75. The summed E-state index contributed by atoms with van der Waals surface area (Å²) in [6, 6.07) is 9.29. The number of nitrogens with two attached hydrogens (primary N) is 1. The maximum Gasteiger partial charge on any atom is 0.350 e. The van der Waals surface area contributed by atoms with Gasteiger partial charge in [-0.15, -0.1) is 10.2 Å². The number of amides is 1. The van der Waals surface area contributed by atoms with E-state index in [0.717, 1.165) is 16.9 Å². The van der Waals surface area contributed by atoms with Crippen molar-refractivity contribution >= 4 is 46.1 Å². The van der Waals surface area contributed by atoms with Gasteiger partial charge in [-0.2, -0.15) is 0 Å².